The number of aromatic nitrogens is 3. The third-order valence-electron chi connectivity index (χ3n) is 2.82. The molecule has 1 aromatic carbocycles. The number of fused-ring (bicyclic) bond motifs is 1. The largest absolute Gasteiger partial charge is 0.245 e. The molecule has 0 saturated heterocycles. The van der Waals surface area contributed by atoms with E-state index < -0.39 is 11.0 Å². The van der Waals surface area contributed by atoms with Crippen LogP contribution in [0.5, 0.6) is 0 Å². The summed E-state index contributed by atoms with van der Waals surface area (Å²) in [6.07, 6.45) is 3.16. The molecule has 0 N–H and O–H groups in total. The maximum Gasteiger partial charge on any atom is 0.158 e. The lowest BCUT2D eigenvalue weighted by Crippen LogP contribution is -2.04. The Morgan fingerprint density at radius 1 is 1.14 bits per heavy atom. The molecule has 21 heavy (non-hydrogen) atoms. The summed E-state index contributed by atoms with van der Waals surface area (Å²) in [4.78, 5) is 8.86. The van der Waals surface area contributed by atoms with Crippen molar-refractivity contribution in [3.8, 4) is 0 Å². The molecule has 0 bridgehead atoms. The zero-order chi connectivity index (χ0) is 15.4. The van der Waals surface area contributed by atoms with Crippen LogP contribution >= 0.6 is 11.6 Å². The molecule has 2 aromatic heterocycles. The number of aryl methyl sites for hydroxylation is 1. The zero-order valence-corrected chi connectivity index (χ0v) is 13.6. The van der Waals surface area contributed by atoms with E-state index >= 15 is 0 Å². The molecule has 1 unspecified atom stereocenters. The van der Waals surface area contributed by atoms with Crippen LogP contribution in [0.15, 0.2) is 47.8 Å². The highest BCUT2D eigenvalue weighted by Crippen LogP contribution is 2.26. The topological polar surface area (TPSA) is 47.8 Å². The second-order valence-electron chi connectivity index (χ2n) is 4.06. The maximum atomic E-state index is 12.6. The minimum atomic E-state index is -1.34. The molecule has 2 heterocycles. The molecule has 0 saturated carbocycles. The quantitative estimate of drug-likeness (QED) is 0.670. The van der Waals surface area contributed by atoms with Crippen LogP contribution in [0.3, 0.4) is 0 Å². The van der Waals surface area contributed by atoms with Crippen LogP contribution in [0.1, 0.15) is 19.4 Å². The second kappa shape index (κ2) is 6.83. The van der Waals surface area contributed by atoms with Crippen molar-refractivity contribution in [2.45, 2.75) is 25.7 Å². The van der Waals surface area contributed by atoms with Gasteiger partial charge in [-0.3, -0.25) is 0 Å². The third kappa shape index (κ3) is 2.99. The van der Waals surface area contributed by atoms with Gasteiger partial charge in [0.15, 0.2) is 16.6 Å². The zero-order valence-electron chi connectivity index (χ0n) is 12.1. The highest BCUT2D eigenvalue weighted by molar-refractivity contribution is 7.83. The molecular formula is C15H16ClN3OS. The van der Waals surface area contributed by atoms with Crippen LogP contribution in [0.25, 0.3) is 11.0 Å². The summed E-state index contributed by atoms with van der Waals surface area (Å²) in [7, 11) is -1.34. The molecular weight excluding hydrogens is 306 g/mol. The van der Waals surface area contributed by atoms with Crippen molar-refractivity contribution in [1.29, 1.82) is 0 Å². The van der Waals surface area contributed by atoms with Gasteiger partial charge in [0.05, 0.1) is 10.3 Å². The van der Waals surface area contributed by atoms with Crippen LogP contribution < -0.4 is 0 Å². The monoisotopic (exact) mass is 321 g/mol. The lowest BCUT2D eigenvalue weighted by molar-refractivity contribution is 0.678. The maximum absolute atomic E-state index is 12.6. The van der Waals surface area contributed by atoms with E-state index in [-0.39, 0.29) is 0 Å². The predicted molar refractivity (Wildman–Crippen MR) is 86.9 cm³/mol. The van der Waals surface area contributed by atoms with Crippen LogP contribution in [-0.4, -0.2) is 18.1 Å². The van der Waals surface area contributed by atoms with Gasteiger partial charge in [-0.1, -0.05) is 43.6 Å². The number of hydrogen-bond acceptors (Lipinski definition) is 3. The van der Waals surface area contributed by atoms with Crippen molar-refractivity contribution < 1.29 is 4.21 Å². The molecule has 3 rings (SSSR count). The Morgan fingerprint density at radius 2 is 1.81 bits per heavy atom. The third-order valence-corrected chi connectivity index (χ3v) is 4.42. The minimum absolute atomic E-state index is 0.381. The van der Waals surface area contributed by atoms with Crippen LogP contribution in [0.2, 0.25) is 5.15 Å². The normalized spacial score (nSPS) is 11.8. The van der Waals surface area contributed by atoms with Crippen molar-refractivity contribution in [3.63, 3.8) is 0 Å². The van der Waals surface area contributed by atoms with Crippen LogP contribution in [-0.2, 0) is 11.0 Å². The number of benzene rings is 1. The van der Waals surface area contributed by atoms with Crippen molar-refractivity contribution in [3.05, 3.63) is 53.6 Å². The average Bonchev–Trinajstić information content (AvgIpc) is 2.88. The Labute approximate surface area is 131 Å². The lowest BCUT2D eigenvalue weighted by atomic mass is 10.3. The van der Waals surface area contributed by atoms with Gasteiger partial charge in [0.1, 0.15) is 11.5 Å². The summed E-state index contributed by atoms with van der Waals surface area (Å²) < 4.78 is 14.2. The molecule has 3 aromatic rings. The Bertz CT molecular complexity index is 771. The van der Waals surface area contributed by atoms with E-state index in [9.17, 15) is 4.21 Å². The molecule has 0 spiro atoms. The molecule has 0 aliphatic heterocycles. The Hall–Kier alpha value is -1.72. The number of halogens is 1. The first kappa shape index (κ1) is 15.7. The summed E-state index contributed by atoms with van der Waals surface area (Å²) in [5.74, 6) is 0. The molecule has 6 heteroatoms. The first-order valence-corrected chi connectivity index (χ1v) is 8.12. The summed E-state index contributed by atoms with van der Waals surface area (Å²) in [6, 6.07) is 9.24. The SMILES string of the molecule is CC.Cc1cn(S(=O)c2ccccc2)c2ncnc(Cl)c12. The van der Waals surface area contributed by atoms with Gasteiger partial charge in [-0.15, -0.1) is 0 Å². The number of nitrogens with zero attached hydrogens (tertiary/aromatic N) is 3. The fourth-order valence-electron chi connectivity index (χ4n) is 1.94. The smallest absolute Gasteiger partial charge is 0.158 e. The van der Waals surface area contributed by atoms with E-state index in [1.54, 1.807) is 10.2 Å². The summed E-state index contributed by atoms with van der Waals surface area (Å²) >= 11 is 6.06. The molecule has 0 radical (unpaired) electrons. The highest BCUT2D eigenvalue weighted by Gasteiger charge is 2.15. The van der Waals surface area contributed by atoms with Crippen molar-refractivity contribution in [1.82, 2.24) is 13.9 Å². The molecule has 0 aliphatic rings. The van der Waals surface area contributed by atoms with Crippen molar-refractivity contribution >= 4 is 33.6 Å². The van der Waals surface area contributed by atoms with Gasteiger partial charge in [0.25, 0.3) is 0 Å². The van der Waals surface area contributed by atoms with E-state index in [4.69, 9.17) is 11.6 Å². The highest BCUT2D eigenvalue weighted by atomic mass is 35.5. The average molecular weight is 322 g/mol. The second-order valence-corrected chi connectivity index (χ2v) is 5.78. The standard InChI is InChI=1S/C13H10ClN3OS.C2H6/c1-9-7-17(13-11(9)12(14)15-8-16-13)19(18)10-5-3-2-4-6-10;1-2/h2-8H,1H3;1-2H3. The van der Waals surface area contributed by atoms with E-state index in [2.05, 4.69) is 9.97 Å². The van der Waals surface area contributed by atoms with E-state index in [1.807, 2.05) is 51.1 Å². The summed E-state index contributed by atoms with van der Waals surface area (Å²) in [5, 5.41) is 1.12. The van der Waals surface area contributed by atoms with Gasteiger partial charge in [0.2, 0.25) is 0 Å². The molecule has 110 valence electrons. The van der Waals surface area contributed by atoms with Gasteiger partial charge >= 0.3 is 0 Å². The van der Waals surface area contributed by atoms with Crippen molar-refractivity contribution in [2.75, 3.05) is 0 Å². The van der Waals surface area contributed by atoms with Gasteiger partial charge < -0.3 is 0 Å². The van der Waals surface area contributed by atoms with Gasteiger partial charge in [-0.2, -0.15) is 0 Å². The number of rotatable bonds is 2. The molecule has 0 amide bonds. The molecule has 0 aliphatic carbocycles. The molecule has 0 fully saturated rings. The Morgan fingerprint density at radius 3 is 2.48 bits per heavy atom. The lowest BCUT2D eigenvalue weighted by Gasteiger charge is -2.04. The summed E-state index contributed by atoms with van der Waals surface area (Å²) in [6.45, 7) is 5.90. The van der Waals surface area contributed by atoms with Crippen LogP contribution in [0, 0.1) is 6.92 Å². The fourth-order valence-corrected chi connectivity index (χ4v) is 3.38. The van der Waals surface area contributed by atoms with E-state index in [0.29, 0.717) is 15.7 Å². The van der Waals surface area contributed by atoms with Gasteiger partial charge in [-0.25, -0.2) is 18.1 Å². The van der Waals surface area contributed by atoms with Crippen LogP contribution in [0.4, 0.5) is 0 Å². The fraction of sp³-hybridized carbons (Fsp3) is 0.200. The molecule has 4 nitrogen and oxygen atoms in total. The number of hydrogen-bond donors (Lipinski definition) is 0. The first-order valence-electron chi connectivity index (χ1n) is 6.64. The minimum Gasteiger partial charge on any atom is -0.245 e. The Kier molecular flexibility index (Phi) is 5.09. The van der Waals surface area contributed by atoms with E-state index in [0.717, 1.165) is 10.9 Å². The van der Waals surface area contributed by atoms with Crippen molar-refractivity contribution in [2.24, 2.45) is 0 Å². The Balaban J connectivity index is 0.000000774. The predicted octanol–water partition coefficient (Wildman–Crippen LogP) is 3.99. The van der Waals surface area contributed by atoms with E-state index in [1.165, 1.54) is 6.33 Å². The molecule has 1 atom stereocenters. The van der Waals surface area contributed by atoms with Gasteiger partial charge in [0, 0.05) is 6.20 Å². The first-order chi connectivity index (χ1) is 10.2. The summed E-state index contributed by atoms with van der Waals surface area (Å²) in [5.41, 5.74) is 1.49. The van der Waals surface area contributed by atoms with Gasteiger partial charge in [-0.05, 0) is 24.6 Å².